The maximum atomic E-state index is 13.2. The molecule has 0 bridgehead atoms. The minimum Gasteiger partial charge on any atom is -0.494 e. The Hall–Kier alpha value is -2.17. The summed E-state index contributed by atoms with van der Waals surface area (Å²) < 4.78 is 10.9. The van der Waals surface area contributed by atoms with Gasteiger partial charge in [-0.1, -0.05) is 30.3 Å². The molecule has 0 aliphatic carbocycles. The first kappa shape index (κ1) is 16.7. The Morgan fingerprint density at radius 1 is 1.08 bits per heavy atom. The summed E-state index contributed by atoms with van der Waals surface area (Å²) in [7, 11) is 0. The topological polar surface area (TPSA) is 40.0 Å². The summed E-state index contributed by atoms with van der Waals surface area (Å²) in [5, 5.41) is 0. The number of morpholine rings is 1. The second-order valence-electron chi connectivity index (χ2n) is 5.94. The summed E-state index contributed by atoms with van der Waals surface area (Å²) >= 11 is 0. The van der Waals surface area contributed by atoms with Gasteiger partial charge in [0.1, 0.15) is 18.8 Å². The molecule has 1 saturated heterocycles. The minimum atomic E-state index is -0.187. The van der Waals surface area contributed by atoms with E-state index in [4.69, 9.17) is 9.47 Å². The van der Waals surface area contributed by atoms with Gasteiger partial charge in [-0.2, -0.15) is 0 Å². The van der Waals surface area contributed by atoms with E-state index in [-0.39, 0.29) is 11.8 Å². The van der Waals surface area contributed by atoms with Gasteiger partial charge in [0.25, 0.3) is 0 Å². The lowest BCUT2D eigenvalue weighted by Crippen LogP contribution is -3.15. The molecule has 4 nitrogen and oxygen atoms in total. The maximum Gasteiger partial charge on any atom is 0.224 e. The highest BCUT2D eigenvalue weighted by Crippen LogP contribution is 2.19. The third-order valence-corrected chi connectivity index (χ3v) is 4.39. The van der Waals surface area contributed by atoms with E-state index < -0.39 is 0 Å². The van der Waals surface area contributed by atoms with Gasteiger partial charge in [-0.05, 0) is 31.2 Å². The SMILES string of the molecule is CCOc1ccc(C(=O)[C@H](c2ccccc2)[NH+]2CCOCC2)cc1. The lowest BCUT2D eigenvalue weighted by Gasteiger charge is -2.31. The van der Waals surface area contributed by atoms with E-state index in [9.17, 15) is 4.79 Å². The van der Waals surface area contributed by atoms with Gasteiger partial charge in [-0.3, -0.25) is 4.79 Å². The van der Waals surface area contributed by atoms with Crippen LogP contribution in [0.15, 0.2) is 54.6 Å². The van der Waals surface area contributed by atoms with Gasteiger partial charge in [-0.15, -0.1) is 0 Å². The van der Waals surface area contributed by atoms with E-state index in [1.807, 2.05) is 61.5 Å². The van der Waals surface area contributed by atoms with Crippen molar-refractivity contribution < 1.29 is 19.2 Å². The van der Waals surface area contributed by atoms with Crippen molar-refractivity contribution in [3.63, 3.8) is 0 Å². The van der Waals surface area contributed by atoms with Gasteiger partial charge in [-0.25, -0.2) is 0 Å². The number of quaternary nitrogens is 1. The van der Waals surface area contributed by atoms with Crippen molar-refractivity contribution in [3.05, 3.63) is 65.7 Å². The van der Waals surface area contributed by atoms with E-state index in [0.717, 1.165) is 30.0 Å². The normalized spacial score (nSPS) is 16.5. The second-order valence-corrected chi connectivity index (χ2v) is 5.94. The molecule has 3 rings (SSSR count). The van der Waals surface area contributed by atoms with Crippen molar-refractivity contribution >= 4 is 5.78 Å². The first-order chi connectivity index (χ1) is 11.8. The molecular weight excluding hydrogens is 302 g/mol. The summed E-state index contributed by atoms with van der Waals surface area (Å²) in [5.41, 5.74) is 1.79. The van der Waals surface area contributed by atoms with Crippen LogP contribution < -0.4 is 9.64 Å². The first-order valence-corrected chi connectivity index (χ1v) is 8.54. The number of carbonyl (C=O) groups is 1. The number of hydrogen-bond acceptors (Lipinski definition) is 3. The van der Waals surface area contributed by atoms with Crippen LogP contribution in [0, 0.1) is 0 Å². The van der Waals surface area contributed by atoms with Crippen molar-refractivity contribution in [1.29, 1.82) is 0 Å². The molecule has 0 unspecified atom stereocenters. The van der Waals surface area contributed by atoms with Crippen LogP contribution in [-0.2, 0) is 4.74 Å². The summed E-state index contributed by atoms with van der Waals surface area (Å²) in [6, 6.07) is 17.3. The van der Waals surface area contributed by atoms with Crippen molar-refractivity contribution in [2.24, 2.45) is 0 Å². The van der Waals surface area contributed by atoms with Crippen LogP contribution in [0.3, 0.4) is 0 Å². The molecule has 0 spiro atoms. The fourth-order valence-corrected chi connectivity index (χ4v) is 3.19. The van der Waals surface area contributed by atoms with E-state index in [1.165, 1.54) is 4.90 Å². The predicted octanol–water partition coefficient (Wildman–Crippen LogP) is 1.92. The molecule has 2 aromatic carbocycles. The molecule has 1 aliphatic rings. The van der Waals surface area contributed by atoms with Crippen LogP contribution >= 0.6 is 0 Å². The summed E-state index contributed by atoms with van der Waals surface area (Å²) in [4.78, 5) is 14.5. The van der Waals surface area contributed by atoms with Crippen LogP contribution in [0.25, 0.3) is 0 Å². The quantitative estimate of drug-likeness (QED) is 0.825. The van der Waals surface area contributed by atoms with E-state index in [0.29, 0.717) is 19.8 Å². The maximum absolute atomic E-state index is 13.2. The van der Waals surface area contributed by atoms with Crippen molar-refractivity contribution in [2.75, 3.05) is 32.9 Å². The molecule has 0 saturated carbocycles. The van der Waals surface area contributed by atoms with Gasteiger partial charge < -0.3 is 14.4 Å². The monoisotopic (exact) mass is 326 g/mol. The Labute approximate surface area is 143 Å². The number of Topliss-reactive ketones (excluding diaryl/α,β-unsaturated/α-hetero) is 1. The van der Waals surface area contributed by atoms with Crippen LogP contribution in [-0.4, -0.2) is 38.7 Å². The van der Waals surface area contributed by atoms with Crippen molar-refractivity contribution in [1.82, 2.24) is 0 Å². The predicted molar refractivity (Wildman–Crippen MR) is 92.6 cm³/mol. The fourth-order valence-electron chi connectivity index (χ4n) is 3.19. The Bertz CT molecular complexity index is 648. The lowest BCUT2D eigenvalue weighted by molar-refractivity contribution is -0.928. The average molecular weight is 326 g/mol. The molecule has 24 heavy (non-hydrogen) atoms. The highest BCUT2D eigenvalue weighted by Gasteiger charge is 2.33. The molecule has 1 aliphatic heterocycles. The van der Waals surface area contributed by atoms with Gasteiger partial charge in [0.2, 0.25) is 5.78 Å². The molecule has 4 heteroatoms. The summed E-state index contributed by atoms with van der Waals surface area (Å²) in [6.07, 6.45) is 0. The zero-order valence-corrected chi connectivity index (χ0v) is 14.0. The van der Waals surface area contributed by atoms with Gasteiger partial charge >= 0.3 is 0 Å². The molecule has 0 amide bonds. The molecular formula is C20H24NO3+. The zero-order chi connectivity index (χ0) is 16.8. The molecule has 126 valence electrons. The number of ether oxygens (including phenoxy) is 2. The first-order valence-electron chi connectivity index (χ1n) is 8.54. The Kier molecular flexibility index (Phi) is 5.62. The highest BCUT2D eigenvalue weighted by molar-refractivity contribution is 5.99. The lowest BCUT2D eigenvalue weighted by atomic mass is 9.95. The third-order valence-electron chi connectivity index (χ3n) is 4.39. The number of benzene rings is 2. The van der Waals surface area contributed by atoms with E-state index in [2.05, 4.69) is 0 Å². The molecule has 1 fully saturated rings. The van der Waals surface area contributed by atoms with Gasteiger partial charge in [0.05, 0.1) is 19.8 Å². The third kappa shape index (κ3) is 3.83. The molecule has 2 aromatic rings. The van der Waals surface area contributed by atoms with E-state index in [1.54, 1.807) is 0 Å². The summed E-state index contributed by atoms with van der Waals surface area (Å²) in [6.45, 7) is 5.68. The Morgan fingerprint density at radius 2 is 1.75 bits per heavy atom. The minimum absolute atomic E-state index is 0.154. The number of nitrogens with one attached hydrogen (secondary N) is 1. The largest absolute Gasteiger partial charge is 0.494 e. The van der Waals surface area contributed by atoms with Crippen LogP contribution in [0.4, 0.5) is 0 Å². The van der Waals surface area contributed by atoms with Crippen LogP contribution in [0.5, 0.6) is 5.75 Å². The van der Waals surface area contributed by atoms with Gasteiger partial charge in [0, 0.05) is 11.1 Å². The number of ketones is 1. The molecule has 1 N–H and O–H groups in total. The number of rotatable bonds is 6. The van der Waals surface area contributed by atoms with Crippen LogP contribution in [0.1, 0.15) is 28.9 Å². The Balaban J connectivity index is 1.87. The smallest absolute Gasteiger partial charge is 0.224 e. The summed E-state index contributed by atoms with van der Waals surface area (Å²) in [5.74, 6) is 0.949. The molecule has 1 atom stereocenters. The zero-order valence-electron chi connectivity index (χ0n) is 14.0. The Morgan fingerprint density at radius 3 is 2.38 bits per heavy atom. The number of carbonyl (C=O) groups excluding carboxylic acids is 1. The molecule has 0 radical (unpaired) electrons. The van der Waals surface area contributed by atoms with Crippen molar-refractivity contribution in [3.8, 4) is 5.75 Å². The van der Waals surface area contributed by atoms with Crippen LogP contribution in [0.2, 0.25) is 0 Å². The van der Waals surface area contributed by atoms with Gasteiger partial charge in [0.15, 0.2) is 6.04 Å². The average Bonchev–Trinajstić information content (AvgIpc) is 2.64. The molecule has 1 heterocycles. The number of hydrogen-bond donors (Lipinski definition) is 1. The van der Waals surface area contributed by atoms with E-state index >= 15 is 0 Å². The highest BCUT2D eigenvalue weighted by atomic mass is 16.5. The van der Waals surface area contributed by atoms with Crippen molar-refractivity contribution in [2.45, 2.75) is 13.0 Å². The fraction of sp³-hybridized carbons (Fsp3) is 0.350. The standard InChI is InChI=1S/C20H23NO3/c1-2-24-18-10-8-17(9-11-18)20(22)19(16-6-4-3-5-7-16)21-12-14-23-15-13-21/h3-11,19H,2,12-15H2,1H3/p+1/t19-/m0/s1. The molecule has 0 aromatic heterocycles. The second kappa shape index (κ2) is 8.08.